The van der Waals surface area contributed by atoms with Crippen molar-refractivity contribution in [3.63, 3.8) is 0 Å². The van der Waals surface area contributed by atoms with Crippen molar-refractivity contribution < 1.29 is 19.4 Å². The number of aliphatic hydroxyl groups is 1. The van der Waals surface area contributed by atoms with E-state index in [2.05, 4.69) is 10.3 Å². The first kappa shape index (κ1) is 17.0. The minimum Gasteiger partial charge on any atom is -0.495 e. The van der Waals surface area contributed by atoms with Crippen molar-refractivity contribution in [2.24, 2.45) is 0 Å². The third kappa shape index (κ3) is 3.65. The van der Waals surface area contributed by atoms with Crippen LogP contribution in [0.15, 0.2) is 36.5 Å². The zero-order valence-corrected chi connectivity index (χ0v) is 13.9. The summed E-state index contributed by atoms with van der Waals surface area (Å²) in [7, 11) is 1.59. The molecular formula is C19H20N2O4. The van der Waals surface area contributed by atoms with Crippen molar-refractivity contribution >= 4 is 29.3 Å². The molecule has 3 N–H and O–H groups in total. The van der Waals surface area contributed by atoms with E-state index >= 15 is 0 Å². The van der Waals surface area contributed by atoms with E-state index < -0.39 is 0 Å². The van der Waals surface area contributed by atoms with Crippen molar-refractivity contribution in [3.8, 4) is 5.75 Å². The van der Waals surface area contributed by atoms with Crippen molar-refractivity contribution in [3.05, 3.63) is 53.4 Å². The largest absolute Gasteiger partial charge is 0.495 e. The molecule has 6 nitrogen and oxygen atoms in total. The van der Waals surface area contributed by atoms with E-state index in [4.69, 9.17) is 14.6 Å². The highest BCUT2D eigenvalue weighted by Crippen LogP contribution is 2.37. The van der Waals surface area contributed by atoms with E-state index in [9.17, 15) is 4.79 Å². The van der Waals surface area contributed by atoms with Crippen LogP contribution in [0.2, 0.25) is 0 Å². The maximum Gasteiger partial charge on any atom is 0.256 e. The fourth-order valence-electron chi connectivity index (χ4n) is 2.75. The number of aliphatic hydroxyl groups excluding tert-OH is 1. The molecule has 0 saturated heterocycles. The molecule has 130 valence electrons. The van der Waals surface area contributed by atoms with Crippen LogP contribution in [-0.2, 0) is 9.53 Å². The average Bonchev–Trinajstić information content (AvgIpc) is 3.19. The molecule has 1 aromatic heterocycles. The summed E-state index contributed by atoms with van der Waals surface area (Å²) >= 11 is 0. The Bertz CT molecular complexity index is 821. The number of nitrogens with one attached hydrogen (secondary N) is 2. The second kappa shape index (κ2) is 7.83. The molecule has 0 atom stereocenters. The second-order valence-electron chi connectivity index (χ2n) is 5.44. The Labute approximate surface area is 145 Å². The molecule has 3 rings (SSSR count). The first-order chi connectivity index (χ1) is 12.2. The maximum absolute atomic E-state index is 12.4. The SMILES string of the molecule is COc1cc[nH]c1C=C1C(=O)Nc2cccc(C=CCOCCO)c21. The number of carbonyl (C=O) groups excluding carboxylic acids is 1. The Morgan fingerprint density at radius 2 is 2.16 bits per heavy atom. The molecule has 0 aliphatic carbocycles. The highest BCUT2D eigenvalue weighted by molar-refractivity contribution is 6.35. The van der Waals surface area contributed by atoms with Crippen molar-refractivity contribution in [2.75, 3.05) is 32.2 Å². The van der Waals surface area contributed by atoms with Crippen LogP contribution in [0.3, 0.4) is 0 Å². The van der Waals surface area contributed by atoms with Gasteiger partial charge in [-0.05, 0) is 23.8 Å². The summed E-state index contributed by atoms with van der Waals surface area (Å²) < 4.78 is 10.5. The molecule has 0 bridgehead atoms. The van der Waals surface area contributed by atoms with E-state index in [1.165, 1.54) is 0 Å². The van der Waals surface area contributed by atoms with Gasteiger partial charge in [-0.25, -0.2) is 0 Å². The number of H-pyrrole nitrogens is 1. The topological polar surface area (TPSA) is 83.6 Å². The van der Waals surface area contributed by atoms with Crippen LogP contribution < -0.4 is 10.1 Å². The van der Waals surface area contributed by atoms with E-state index in [0.29, 0.717) is 24.5 Å². The van der Waals surface area contributed by atoms with E-state index in [-0.39, 0.29) is 12.5 Å². The van der Waals surface area contributed by atoms with Gasteiger partial charge < -0.3 is 24.9 Å². The summed E-state index contributed by atoms with van der Waals surface area (Å²) in [6, 6.07) is 7.52. The predicted octanol–water partition coefficient (Wildman–Crippen LogP) is 2.54. The number of aromatic nitrogens is 1. The maximum atomic E-state index is 12.4. The van der Waals surface area contributed by atoms with Gasteiger partial charge in [0.15, 0.2) is 0 Å². The molecule has 0 unspecified atom stereocenters. The lowest BCUT2D eigenvalue weighted by atomic mass is 9.99. The van der Waals surface area contributed by atoms with Gasteiger partial charge in [-0.2, -0.15) is 0 Å². The third-order valence-corrected chi connectivity index (χ3v) is 3.85. The van der Waals surface area contributed by atoms with Crippen LogP contribution >= 0.6 is 0 Å². The molecule has 25 heavy (non-hydrogen) atoms. The van der Waals surface area contributed by atoms with Gasteiger partial charge >= 0.3 is 0 Å². The molecule has 0 saturated carbocycles. The molecule has 6 heteroatoms. The minimum absolute atomic E-state index is 0.00212. The van der Waals surface area contributed by atoms with Crippen molar-refractivity contribution in [1.82, 2.24) is 4.98 Å². The summed E-state index contributed by atoms with van der Waals surface area (Å²) in [5.41, 5.74) is 3.86. The summed E-state index contributed by atoms with van der Waals surface area (Å²) in [5.74, 6) is 0.531. The van der Waals surface area contributed by atoms with E-state index in [1.54, 1.807) is 19.4 Å². The molecule has 2 aromatic rings. The molecule has 2 heterocycles. The molecular weight excluding hydrogens is 320 g/mol. The Hall–Kier alpha value is -2.83. The predicted molar refractivity (Wildman–Crippen MR) is 97.2 cm³/mol. The fraction of sp³-hybridized carbons (Fsp3) is 0.211. The van der Waals surface area contributed by atoms with Crippen LogP contribution in [-0.4, -0.2) is 42.9 Å². The average molecular weight is 340 g/mol. The molecule has 1 aromatic carbocycles. The number of benzene rings is 1. The quantitative estimate of drug-likeness (QED) is 0.534. The zero-order valence-electron chi connectivity index (χ0n) is 13.9. The monoisotopic (exact) mass is 340 g/mol. The van der Waals surface area contributed by atoms with E-state index in [1.807, 2.05) is 36.4 Å². The number of fused-ring (bicyclic) bond motifs is 1. The van der Waals surface area contributed by atoms with Gasteiger partial charge in [-0.15, -0.1) is 0 Å². The lowest BCUT2D eigenvalue weighted by molar-refractivity contribution is -0.110. The highest BCUT2D eigenvalue weighted by atomic mass is 16.5. The number of hydrogen-bond acceptors (Lipinski definition) is 4. The van der Waals surface area contributed by atoms with Crippen LogP contribution in [0.25, 0.3) is 17.7 Å². The number of amides is 1. The number of aromatic amines is 1. The number of methoxy groups -OCH3 is 1. The van der Waals surface area contributed by atoms with Crippen LogP contribution in [0, 0.1) is 0 Å². The molecule has 0 radical (unpaired) electrons. The Balaban J connectivity index is 1.94. The first-order valence-corrected chi connectivity index (χ1v) is 7.97. The number of rotatable bonds is 7. The summed E-state index contributed by atoms with van der Waals surface area (Å²) in [5, 5.41) is 11.6. The van der Waals surface area contributed by atoms with Gasteiger partial charge in [0.05, 0.1) is 38.2 Å². The summed E-state index contributed by atoms with van der Waals surface area (Å²) in [6.45, 7) is 0.696. The summed E-state index contributed by atoms with van der Waals surface area (Å²) in [4.78, 5) is 15.5. The summed E-state index contributed by atoms with van der Waals surface area (Å²) in [6.07, 6.45) is 7.33. The van der Waals surface area contributed by atoms with Crippen LogP contribution in [0.4, 0.5) is 5.69 Å². The minimum atomic E-state index is -0.149. The standard InChI is InChI=1S/C19H20N2O4/c1-24-17-7-8-20-16(17)12-14-18-13(5-3-10-25-11-9-22)4-2-6-15(18)21-19(14)23/h2-8,12,20,22H,9-11H2,1H3,(H,21,23). The number of ether oxygens (including phenoxy) is 2. The van der Waals surface area contributed by atoms with Gasteiger partial charge in [0.1, 0.15) is 5.75 Å². The van der Waals surface area contributed by atoms with Gasteiger partial charge in [0, 0.05) is 17.4 Å². The van der Waals surface area contributed by atoms with E-state index in [0.717, 1.165) is 22.5 Å². The highest BCUT2D eigenvalue weighted by Gasteiger charge is 2.26. The third-order valence-electron chi connectivity index (χ3n) is 3.85. The Kier molecular flexibility index (Phi) is 5.33. The van der Waals surface area contributed by atoms with Gasteiger partial charge in [-0.1, -0.05) is 24.3 Å². The normalized spacial score (nSPS) is 15.0. The fourth-order valence-corrected chi connectivity index (χ4v) is 2.75. The lowest BCUT2D eigenvalue weighted by Gasteiger charge is -2.05. The Morgan fingerprint density at radius 3 is 2.96 bits per heavy atom. The van der Waals surface area contributed by atoms with Crippen molar-refractivity contribution in [1.29, 1.82) is 0 Å². The molecule has 1 aliphatic heterocycles. The van der Waals surface area contributed by atoms with Crippen LogP contribution in [0.1, 0.15) is 16.8 Å². The van der Waals surface area contributed by atoms with Gasteiger partial charge in [-0.3, -0.25) is 4.79 Å². The number of carbonyl (C=O) groups is 1. The first-order valence-electron chi connectivity index (χ1n) is 7.97. The van der Waals surface area contributed by atoms with Crippen molar-refractivity contribution in [2.45, 2.75) is 0 Å². The number of hydrogen-bond donors (Lipinski definition) is 3. The Morgan fingerprint density at radius 1 is 1.28 bits per heavy atom. The number of anilines is 1. The van der Waals surface area contributed by atoms with Gasteiger partial charge in [0.2, 0.25) is 0 Å². The smallest absolute Gasteiger partial charge is 0.256 e. The molecule has 0 spiro atoms. The zero-order chi connectivity index (χ0) is 17.6. The molecule has 1 amide bonds. The second-order valence-corrected chi connectivity index (χ2v) is 5.44. The van der Waals surface area contributed by atoms with Crippen LogP contribution in [0.5, 0.6) is 5.75 Å². The lowest BCUT2D eigenvalue weighted by Crippen LogP contribution is -2.03. The van der Waals surface area contributed by atoms with Gasteiger partial charge in [0.25, 0.3) is 5.91 Å². The molecule has 0 fully saturated rings. The molecule has 1 aliphatic rings.